The van der Waals surface area contributed by atoms with Gasteiger partial charge in [-0.1, -0.05) is 17.7 Å². The van der Waals surface area contributed by atoms with Crippen LogP contribution in [0.15, 0.2) is 18.2 Å². The molecule has 0 N–H and O–H groups in total. The lowest BCUT2D eigenvalue weighted by molar-refractivity contribution is -0.143. The number of hydrogen-bond acceptors (Lipinski definition) is 3. The molecule has 2 rings (SSSR count). The molecule has 1 aliphatic rings. The molecular formula is C17H23ClFNO2. The van der Waals surface area contributed by atoms with Crippen LogP contribution in [0.2, 0.25) is 5.02 Å². The Morgan fingerprint density at radius 2 is 2.14 bits per heavy atom. The van der Waals surface area contributed by atoms with E-state index >= 15 is 0 Å². The number of rotatable bonds is 6. The highest BCUT2D eigenvalue weighted by Crippen LogP contribution is 2.30. The first-order valence-electron chi connectivity index (χ1n) is 7.93. The van der Waals surface area contributed by atoms with Gasteiger partial charge in [-0.3, -0.25) is 4.79 Å². The summed E-state index contributed by atoms with van der Waals surface area (Å²) < 4.78 is 18.1. The molecule has 0 amide bonds. The van der Waals surface area contributed by atoms with Crippen LogP contribution < -0.4 is 0 Å². The minimum absolute atomic E-state index is 0.113. The predicted octanol–water partition coefficient (Wildman–Crippen LogP) is 4.00. The molecule has 0 radical (unpaired) electrons. The van der Waals surface area contributed by atoms with Gasteiger partial charge in [0.05, 0.1) is 11.6 Å². The second kappa shape index (κ2) is 8.49. The Morgan fingerprint density at radius 1 is 1.41 bits per heavy atom. The lowest BCUT2D eigenvalue weighted by Crippen LogP contribution is -2.34. The van der Waals surface area contributed by atoms with Crippen LogP contribution in [0.5, 0.6) is 0 Å². The maximum absolute atomic E-state index is 13.2. The zero-order valence-corrected chi connectivity index (χ0v) is 13.7. The molecule has 0 saturated carbocycles. The molecule has 1 aromatic carbocycles. The summed E-state index contributed by atoms with van der Waals surface area (Å²) in [6, 6.07) is 5.03. The molecule has 1 aliphatic heterocycles. The molecule has 1 heterocycles. The van der Waals surface area contributed by atoms with Gasteiger partial charge >= 0.3 is 5.97 Å². The van der Waals surface area contributed by atoms with E-state index in [9.17, 15) is 9.18 Å². The molecule has 0 atom stereocenters. The van der Waals surface area contributed by atoms with Crippen molar-refractivity contribution in [2.45, 2.75) is 38.5 Å². The van der Waals surface area contributed by atoms with Crippen LogP contribution in [0.4, 0.5) is 4.39 Å². The number of nitrogens with zero attached hydrogens (tertiary/aromatic N) is 1. The van der Waals surface area contributed by atoms with Gasteiger partial charge in [0.15, 0.2) is 0 Å². The summed E-state index contributed by atoms with van der Waals surface area (Å²) in [5.41, 5.74) is 1.12. The third-order valence-corrected chi connectivity index (χ3v) is 4.45. The number of ether oxygens (including phenoxy) is 1. The molecule has 0 bridgehead atoms. The molecule has 22 heavy (non-hydrogen) atoms. The second-order valence-corrected chi connectivity index (χ2v) is 6.11. The largest absolute Gasteiger partial charge is 0.466 e. The van der Waals surface area contributed by atoms with Gasteiger partial charge in [-0.2, -0.15) is 0 Å². The number of halogens is 2. The minimum atomic E-state index is -0.359. The van der Waals surface area contributed by atoms with Gasteiger partial charge in [-0.15, -0.1) is 0 Å². The minimum Gasteiger partial charge on any atom is -0.466 e. The predicted molar refractivity (Wildman–Crippen MR) is 85.7 cm³/mol. The van der Waals surface area contributed by atoms with Gasteiger partial charge < -0.3 is 9.64 Å². The molecule has 1 aromatic rings. The molecule has 0 aromatic heterocycles. The van der Waals surface area contributed by atoms with Crippen LogP contribution in [0.25, 0.3) is 0 Å². The number of carbonyl (C=O) groups excluding carboxylic acids is 1. The van der Waals surface area contributed by atoms with Crippen LogP contribution in [0.1, 0.15) is 44.1 Å². The van der Waals surface area contributed by atoms with Crippen molar-refractivity contribution in [1.29, 1.82) is 0 Å². The standard InChI is InChI=1S/C17H23ClFNO2/c1-2-22-17(21)4-3-9-20-10-7-13(8-11-20)14-5-6-16(19)15(18)12-14/h5-6,12-13H,2-4,7-11H2,1H3. The summed E-state index contributed by atoms with van der Waals surface area (Å²) in [5.74, 6) is -0.0282. The molecule has 0 aliphatic carbocycles. The van der Waals surface area contributed by atoms with E-state index in [-0.39, 0.29) is 16.8 Å². The van der Waals surface area contributed by atoms with Gasteiger partial charge in [0, 0.05) is 6.42 Å². The van der Waals surface area contributed by atoms with Crippen molar-refractivity contribution in [1.82, 2.24) is 4.90 Å². The monoisotopic (exact) mass is 327 g/mol. The van der Waals surface area contributed by atoms with Crippen LogP contribution >= 0.6 is 11.6 Å². The topological polar surface area (TPSA) is 29.5 Å². The van der Waals surface area contributed by atoms with E-state index in [1.165, 1.54) is 6.07 Å². The van der Waals surface area contributed by atoms with Crippen LogP contribution in [-0.4, -0.2) is 37.1 Å². The number of carbonyl (C=O) groups is 1. The van der Waals surface area contributed by atoms with Gasteiger partial charge in [0.2, 0.25) is 0 Å². The molecule has 122 valence electrons. The summed E-state index contributed by atoms with van der Waals surface area (Å²) in [5, 5.41) is 0.203. The third-order valence-electron chi connectivity index (χ3n) is 4.16. The summed E-state index contributed by atoms with van der Waals surface area (Å²) in [4.78, 5) is 13.7. The molecule has 1 fully saturated rings. The maximum atomic E-state index is 13.2. The fourth-order valence-electron chi connectivity index (χ4n) is 2.94. The van der Waals surface area contributed by atoms with E-state index in [1.807, 2.05) is 13.0 Å². The van der Waals surface area contributed by atoms with Crippen molar-refractivity contribution in [2.24, 2.45) is 0 Å². The van der Waals surface area contributed by atoms with Gasteiger partial charge in [0.1, 0.15) is 5.82 Å². The van der Waals surface area contributed by atoms with Crippen molar-refractivity contribution in [3.05, 3.63) is 34.6 Å². The van der Waals surface area contributed by atoms with Crippen LogP contribution in [0, 0.1) is 5.82 Å². The molecule has 0 unspecified atom stereocenters. The van der Waals surface area contributed by atoms with E-state index < -0.39 is 0 Å². The van der Waals surface area contributed by atoms with E-state index in [0.717, 1.165) is 44.5 Å². The highest BCUT2D eigenvalue weighted by atomic mass is 35.5. The SMILES string of the molecule is CCOC(=O)CCCN1CCC(c2ccc(F)c(Cl)c2)CC1. The molecular weight excluding hydrogens is 305 g/mol. The maximum Gasteiger partial charge on any atom is 0.305 e. The Hall–Kier alpha value is -1.13. The fourth-order valence-corrected chi connectivity index (χ4v) is 3.13. The average molecular weight is 328 g/mol. The van der Waals surface area contributed by atoms with Crippen molar-refractivity contribution in [3.8, 4) is 0 Å². The summed E-state index contributed by atoms with van der Waals surface area (Å²) in [6.45, 7) is 5.20. The van der Waals surface area contributed by atoms with E-state index in [0.29, 0.717) is 18.9 Å². The first kappa shape index (κ1) is 17.2. The van der Waals surface area contributed by atoms with E-state index in [4.69, 9.17) is 16.3 Å². The molecule has 3 nitrogen and oxygen atoms in total. The first-order chi connectivity index (χ1) is 10.6. The normalized spacial score (nSPS) is 16.7. The molecule has 1 saturated heterocycles. The average Bonchev–Trinajstić information content (AvgIpc) is 2.51. The van der Waals surface area contributed by atoms with Crippen LogP contribution in [0.3, 0.4) is 0 Å². The number of hydrogen-bond donors (Lipinski definition) is 0. The second-order valence-electron chi connectivity index (χ2n) is 5.70. The van der Waals surface area contributed by atoms with Crippen molar-refractivity contribution < 1.29 is 13.9 Å². The van der Waals surface area contributed by atoms with Crippen molar-refractivity contribution in [2.75, 3.05) is 26.2 Å². The zero-order valence-electron chi connectivity index (χ0n) is 13.0. The zero-order chi connectivity index (χ0) is 15.9. The van der Waals surface area contributed by atoms with Crippen molar-refractivity contribution in [3.63, 3.8) is 0 Å². The summed E-state index contributed by atoms with van der Waals surface area (Å²) >= 11 is 5.86. The van der Waals surface area contributed by atoms with Gasteiger partial charge in [0.25, 0.3) is 0 Å². The Balaban J connectivity index is 1.73. The Labute approximate surface area is 136 Å². The van der Waals surface area contributed by atoms with E-state index in [2.05, 4.69) is 4.90 Å². The highest BCUT2D eigenvalue weighted by molar-refractivity contribution is 6.30. The Morgan fingerprint density at radius 3 is 2.77 bits per heavy atom. The first-order valence-corrected chi connectivity index (χ1v) is 8.31. The summed E-state index contributed by atoms with van der Waals surface area (Å²) in [7, 11) is 0. The van der Waals surface area contributed by atoms with E-state index in [1.54, 1.807) is 6.07 Å². The number of benzene rings is 1. The highest BCUT2D eigenvalue weighted by Gasteiger charge is 2.21. The number of piperidine rings is 1. The molecule has 5 heteroatoms. The Bertz CT molecular complexity index is 501. The number of esters is 1. The third kappa shape index (κ3) is 4.96. The van der Waals surface area contributed by atoms with Crippen molar-refractivity contribution >= 4 is 17.6 Å². The lowest BCUT2D eigenvalue weighted by Gasteiger charge is -2.32. The summed E-state index contributed by atoms with van der Waals surface area (Å²) in [6.07, 6.45) is 3.41. The quantitative estimate of drug-likeness (QED) is 0.740. The smallest absolute Gasteiger partial charge is 0.305 e. The molecule has 0 spiro atoms. The fraction of sp³-hybridized carbons (Fsp3) is 0.588. The van der Waals surface area contributed by atoms with Crippen LogP contribution in [-0.2, 0) is 9.53 Å². The lowest BCUT2D eigenvalue weighted by atomic mass is 9.89. The Kier molecular flexibility index (Phi) is 6.65. The number of likely N-dealkylation sites (tertiary alicyclic amines) is 1. The van der Waals surface area contributed by atoms with Gasteiger partial charge in [-0.05, 0) is 69.4 Å². The van der Waals surface area contributed by atoms with Gasteiger partial charge in [-0.25, -0.2) is 4.39 Å².